The quantitative estimate of drug-likeness (QED) is 0.632. The first-order valence-electron chi connectivity index (χ1n) is 5.45. The van der Waals surface area contributed by atoms with Crippen LogP contribution in [0.1, 0.15) is 27.7 Å². The fourth-order valence-corrected chi connectivity index (χ4v) is 2.39. The lowest BCUT2D eigenvalue weighted by Gasteiger charge is -2.26. The van der Waals surface area contributed by atoms with Crippen LogP contribution in [0.5, 0.6) is 0 Å². The summed E-state index contributed by atoms with van der Waals surface area (Å²) in [6, 6.07) is 0.216. The molecule has 0 aliphatic carbocycles. The predicted molar refractivity (Wildman–Crippen MR) is 63.0 cm³/mol. The molecule has 0 saturated carbocycles. The lowest BCUT2D eigenvalue weighted by atomic mass is 10.3. The van der Waals surface area contributed by atoms with Crippen molar-refractivity contribution >= 4 is 10.2 Å². The molecule has 1 atom stereocenters. The van der Waals surface area contributed by atoms with Gasteiger partial charge in [0.05, 0.1) is 0 Å². The van der Waals surface area contributed by atoms with Crippen LogP contribution in [0, 0.1) is 0 Å². The Kier molecular flexibility index (Phi) is 7.08. The highest BCUT2D eigenvalue weighted by atomic mass is 32.2. The van der Waals surface area contributed by atoms with Gasteiger partial charge in [-0.3, -0.25) is 4.90 Å². The largest absolute Gasteiger partial charge is 0.300 e. The summed E-state index contributed by atoms with van der Waals surface area (Å²) >= 11 is 0. The van der Waals surface area contributed by atoms with E-state index < -0.39 is 10.2 Å². The van der Waals surface area contributed by atoms with E-state index in [1.807, 2.05) is 6.92 Å². The van der Waals surface area contributed by atoms with Crippen molar-refractivity contribution in [3.05, 3.63) is 0 Å². The summed E-state index contributed by atoms with van der Waals surface area (Å²) in [6.07, 6.45) is 0. The summed E-state index contributed by atoms with van der Waals surface area (Å²) in [5, 5.41) is 0. The minimum absolute atomic E-state index is 0.216. The monoisotopic (exact) mass is 237 g/mol. The molecule has 0 aliphatic rings. The van der Waals surface area contributed by atoms with E-state index >= 15 is 0 Å². The molecule has 92 valence electrons. The van der Waals surface area contributed by atoms with Gasteiger partial charge in [-0.1, -0.05) is 20.8 Å². The zero-order valence-electron chi connectivity index (χ0n) is 10.1. The highest BCUT2D eigenvalue weighted by Gasteiger charge is 2.13. The molecule has 6 heteroatoms. The fraction of sp³-hybridized carbons (Fsp3) is 1.00. The smallest absolute Gasteiger partial charge is 0.276 e. The van der Waals surface area contributed by atoms with Crippen LogP contribution in [0.25, 0.3) is 0 Å². The summed E-state index contributed by atoms with van der Waals surface area (Å²) in [4.78, 5) is 2.20. The Morgan fingerprint density at radius 3 is 2.07 bits per heavy atom. The summed E-state index contributed by atoms with van der Waals surface area (Å²) in [7, 11) is -3.30. The van der Waals surface area contributed by atoms with Gasteiger partial charge in [-0.2, -0.15) is 8.42 Å². The van der Waals surface area contributed by atoms with Crippen LogP contribution in [0.4, 0.5) is 0 Å². The maximum atomic E-state index is 11.3. The van der Waals surface area contributed by atoms with Crippen LogP contribution in [0.2, 0.25) is 0 Å². The van der Waals surface area contributed by atoms with E-state index in [1.54, 1.807) is 6.92 Å². The van der Waals surface area contributed by atoms with E-state index in [2.05, 4.69) is 28.2 Å². The minimum atomic E-state index is -3.30. The molecule has 0 radical (unpaired) electrons. The van der Waals surface area contributed by atoms with Gasteiger partial charge in [-0.25, -0.2) is 9.44 Å². The topological polar surface area (TPSA) is 61.4 Å². The standard InChI is InChI=1S/C9H23N3O2S/c1-5-10-15(13,14)11-8-9(4)12(6-2)7-3/h9-11H,5-8H2,1-4H3. The molecule has 0 aliphatic heterocycles. The molecule has 0 rings (SSSR count). The van der Waals surface area contributed by atoms with Gasteiger partial charge >= 0.3 is 0 Å². The number of nitrogens with one attached hydrogen (secondary N) is 2. The summed E-state index contributed by atoms with van der Waals surface area (Å²) in [6.45, 7) is 10.6. The summed E-state index contributed by atoms with van der Waals surface area (Å²) in [5.74, 6) is 0. The van der Waals surface area contributed by atoms with E-state index in [4.69, 9.17) is 0 Å². The van der Waals surface area contributed by atoms with Gasteiger partial charge < -0.3 is 0 Å². The number of hydrogen-bond acceptors (Lipinski definition) is 3. The van der Waals surface area contributed by atoms with E-state index in [0.717, 1.165) is 13.1 Å². The lowest BCUT2D eigenvalue weighted by Crippen LogP contribution is -2.45. The molecule has 0 aromatic heterocycles. The van der Waals surface area contributed by atoms with Crippen molar-refractivity contribution in [2.24, 2.45) is 0 Å². The predicted octanol–water partition coefficient (Wildman–Crippen LogP) is 0.161. The Hall–Kier alpha value is -0.170. The van der Waals surface area contributed by atoms with Crippen molar-refractivity contribution in [1.82, 2.24) is 14.3 Å². The lowest BCUT2D eigenvalue weighted by molar-refractivity contribution is 0.232. The zero-order valence-corrected chi connectivity index (χ0v) is 10.9. The normalized spacial score (nSPS) is 14.5. The summed E-state index contributed by atoms with van der Waals surface area (Å²) in [5.41, 5.74) is 0. The molecule has 1 unspecified atom stereocenters. The Balaban J connectivity index is 4.04. The van der Waals surface area contributed by atoms with Gasteiger partial charge in [0.1, 0.15) is 0 Å². The molecule has 0 bridgehead atoms. The molecule has 5 nitrogen and oxygen atoms in total. The van der Waals surface area contributed by atoms with Crippen molar-refractivity contribution < 1.29 is 8.42 Å². The van der Waals surface area contributed by atoms with Crippen LogP contribution < -0.4 is 9.44 Å². The SMILES string of the molecule is CCNS(=O)(=O)NCC(C)N(CC)CC. The van der Waals surface area contributed by atoms with Gasteiger partial charge in [0.25, 0.3) is 10.2 Å². The molecule has 0 saturated heterocycles. The maximum Gasteiger partial charge on any atom is 0.276 e. The average molecular weight is 237 g/mol. The Morgan fingerprint density at radius 2 is 1.67 bits per heavy atom. The average Bonchev–Trinajstić information content (AvgIpc) is 2.17. The van der Waals surface area contributed by atoms with Gasteiger partial charge in [0, 0.05) is 19.1 Å². The number of nitrogens with zero attached hydrogens (tertiary/aromatic N) is 1. The molecule has 0 heterocycles. The van der Waals surface area contributed by atoms with Crippen molar-refractivity contribution in [3.8, 4) is 0 Å². The van der Waals surface area contributed by atoms with Crippen LogP contribution in [-0.4, -0.2) is 45.5 Å². The van der Waals surface area contributed by atoms with E-state index in [9.17, 15) is 8.42 Å². The van der Waals surface area contributed by atoms with Crippen LogP contribution in [0.3, 0.4) is 0 Å². The van der Waals surface area contributed by atoms with Crippen LogP contribution >= 0.6 is 0 Å². The van der Waals surface area contributed by atoms with E-state index in [-0.39, 0.29) is 6.04 Å². The van der Waals surface area contributed by atoms with Gasteiger partial charge in [0.15, 0.2) is 0 Å². The molecular weight excluding hydrogens is 214 g/mol. The first-order chi connectivity index (χ1) is 6.96. The third-order valence-electron chi connectivity index (χ3n) is 2.34. The molecule has 0 spiro atoms. The van der Waals surface area contributed by atoms with E-state index in [0.29, 0.717) is 13.1 Å². The molecule has 0 amide bonds. The second-order valence-corrected chi connectivity index (χ2v) is 5.00. The second-order valence-electron chi connectivity index (χ2n) is 3.42. The van der Waals surface area contributed by atoms with Crippen molar-refractivity contribution in [3.63, 3.8) is 0 Å². The highest BCUT2D eigenvalue weighted by molar-refractivity contribution is 7.87. The Bertz CT molecular complexity index is 250. The minimum Gasteiger partial charge on any atom is -0.300 e. The van der Waals surface area contributed by atoms with Crippen molar-refractivity contribution in [1.29, 1.82) is 0 Å². The number of likely N-dealkylation sites (N-methyl/N-ethyl adjacent to an activating group) is 1. The van der Waals surface area contributed by atoms with E-state index in [1.165, 1.54) is 0 Å². The van der Waals surface area contributed by atoms with Crippen molar-refractivity contribution in [2.75, 3.05) is 26.2 Å². The maximum absolute atomic E-state index is 11.3. The molecule has 2 N–H and O–H groups in total. The Labute approximate surface area is 93.4 Å². The second kappa shape index (κ2) is 7.16. The summed E-state index contributed by atoms with van der Waals surface area (Å²) < 4.78 is 27.5. The van der Waals surface area contributed by atoms with Gasteiger partial charge in [-0.05, 0) is 20.0 Å². The van der Waals surface area contributed by atoms with Gasteiger partial charge in [-0.15, -0.1) is 0 Å². The fourth-order valence-electron chi connectivity index (χ4n) is 1.45. The van der Waals surface area contributed by atoms with Gasteiger partial charge in [0.2, 0.25) is 0 Å². The Morgan fingerprint density at radius 1 is 1.13 bits per heavy atom. The molecule has 15 heavy (non-hydrogen) atoms. The molecule has 0 aromatic rings. The highest BCUT2D eigenvalue weighted by Crippen LogP contribution is 1.96. The number of rotatable bonds is 8. The van der Waals surface area contributed by atoms with Crippen LogP contribution in [-0.2, 0) is 10.2 Å². The molecular formula is C9H23N3O2S. The number of hydrogen-bond donors (Lipinski definition) is 2. The third kappa shape index (κ3) is 6.09. The molecule has 0 fully saturated rings. The third-order valence-corrected chi connectivity index (χ3v) is 3.55. The molecule has 0 aromatic carbocycles. The first-order valence-corrected chi connectivity index (χ1v) is 6.93. The first kappa shape index (κ1) is 14.8. The zero-order chi connectivity index (χ0) is 11.9. The van der Waals surface area contributed by atoms with Crippen LogP contribution in [0.15, 0.2) is 0 Å². The van der Waals surface area contributed by atoms with Crippen molar-refractivity contribution in [2.45, 2.75) is 33.7 Å².